The molecule has 0 bridgehead atoms. The fraction of sp³-hybridized carbons (Fsp3) is 0.381. The van der Waals surface area contributed by atoms with Gasteiger partial charge in [0, 0.05) is 12.0 Å². The van der Waals surface area contributed by atoms with Crippen LogP contribution in [0.15, 0.2) is 60.7 Å². The second-order valence-electron chi connectivity index (χ2n) is 7.02. The Hall–Kier alpha value is -2.57. The lowest BCUT2D eigenvalue weighted by molar-refractivity contribution is -0.123. The van der Waals surface area contributed by atoms with E-state index in [9.17, 15) is 15.0 Å². The van der Waals surface area contributed by atoms with Gasteiger partial charge in [0.05, 0.1) is 18.8 Å². The molecular weight excluding hydrogens is 346 g/mol. The fourth-order valence-electron chi connectivity index (χ4n) is 3.31. The molecule has 0 heterocycles. The number of aliphatic hydroxyl groups is 2. The van der Waals surface area contributed by atoms with Crippen LogP contribution in [0.4, 0.5) is 0 Å². The Kier molecular flexibility index (Phi) is 6.32. The van der Waals surface area contributed by atoms with Gasteiger partial charge < -0.3 is 25.0 Å². The van der Waals surface area contributed by atoms with Crippen molar-refractivity contribution < 1.29 is 24.5 Å². The third kappa shape index (κ3) is 5.45. The second kappa shape index (κ2) is 8.88. The topological polar surface area (TPSA) is 88.0 Å². The molecule has 6 heteroatoms. The molecule has 3 rings (SSSR count). The minimum absolute atomic E-state index is 0.0925. The summed E-state index contributed by atoms with van der Waals surface area (Å²) in [6.07, 6.45) is -0.912. The molecule has 0 spiro atoms. The van der Waals surface area contributed by atoms with Gasteiger partial charge in [-0.15, -0.1) is 0 Å². The number of hydrogen-bond acceptors (Lipinski definition) is 5. The zero-order valence-corrected chi connectivity index (χ0v) is 15.1. The SMILES string of the molecule is O=C(COc1ccccc1)NCC1(COc2ccccc2)C[C@@H](O)[C@@H](O)C1. The average molecular weight is 371 g/mol. The first-order valence-electron chi connectivity index (χ1n) is 9.05. The largest absolute Gasteiger partial charge is 0.493 e. The van der Waals surface area contributed by atoms with E-state index < -0.39 is 17.6 Å². The minimum atomic E-state index is -0.818. The third-order valence-electron chi connectivity index (χ3n) is 4.79. The highest BCUT2D eigenvalue weighted by atomic mass is 16.5. The van der Waals surface area contributed by atoms with Gasteiger partial charge in [-0.05, 0) is 37.1 Å². The molecule has 27 heavy (non-hydrogen) atoms. The van der Waals surface area contributed by atoms with Gasteiger partial charge in [-0.3, -0.25) is 4.79 Å². The lowest BCUT2D eigenvalue weighted by atomic mass is 9.86. The Morgan fingerprint density at radius 3 is 2.00 bits per heavy atom. The minimum Gasteiger partial charge on any atom is -0.493 e. The van der Waals surface area contributed by atoms with Crippen molar-refractivity contribution in [2.45, 2.75) is 25.0 Å². The predicted octanol–water partition coefficient (Wildman–Crippen LogP) is 1.76. The van der Waals surface area contributed by atoms with Crippen molar-refractivity contribution in [1.29, 1.82) is 0 Å². The maximum atomic E-state index is 12.2. The standard InChI is InChI=1S/C21H25NO5/c23-18-11-21(12-19(18)24,15-27-17-9-5-2-6-10-17)14-22-20(25)13-26-16-7-3-1-4-8-16/h1-10,18-19,23-24H,11-15H2,(H,22,25)/t18-,19+,21?. The van der Waals surface area contributed by atoms with Crippen molar-refractivity contribution in [2.75, 3.05) is 19.8 Å². The number of rotatable bonds is 8. The maximum Gasteiger partial charge on any atom is 0.257 e. The number of carbonyl (C=O) groups is 1. The monoisotopic (exact) mass is 371 g/mol. The van der Waals surface area contributed by atoms with Gasteiger partial charge in [0.15, 0.2) is 6.61 Å². The summed E-state index contributed by atoms with van der Waals surface area (Å²) in [5.74, 6) is 1.08. The molecular formula is C21H25NO5. The molecule has 0 radical (unpaired) electrons. The molecule has 6 nitrogen and oxygen atoms in total. The first-order chi connectivity index (χ1) is 13.1. The quantitative estimate of drug-likeness (QED) is 0.658. The molecule has 1 saturated carbocycles. The number of hydrogen-bond donors (Lipinski definition) is 3. The van der Waals surface area contributed by atoms with Crippen LogP contribution in [0.25, 0.3) is 0 Å². The molecule has 0 saturated heterocycles. The van der Waals surface area contributed by atoms with Gasteiger partial charge in [0.1, 0.15) is 11.5 Å². The van der Waals surface area contributed by atoms with Gasteiger partial charge >= 0.3 is 0 Å². The summed E-state index contributed by atoms with van der Waals surface area (Å²) in [5.41, 5.74) is -0.531. The molecule has 1 amide bonds. The van der Waals surface area contributed by atoms with Crippen LogP contribution in [0.1, 0.15) is 12.8 Å². The van der Waals surface area contributed by atoms with Crippen LogP contribution in [-0.2, 0) is 4.79 Å². The van der Waals surface area contributed by atoms with Crippen LogP contribution in [0.5, 0.6) is 11.5 Å². The Balaban J connectivity index is 1.54. The zero-order chi connectivity index (χ0) is 19.1. The molecule has 1 unspecified atom stereocenters. The number of ether oxygens (including phenoxy) is 2. The number of benzene rings is 2. The van der Waals surface area contributed by atoms with E-state index >= 15 is 0 Å². The van der Waals surface area contributed by atoms with Crippen LogP contribution in [-0.4, -0.2) is 48.1 Å². The number of carbonyl (C=O) groups excluding carboxylic acids is 1. The summed E-state index contributed by atoms with van der Waals surface area (Å²) in [5, 5.41) is 22.9. The maximum absolute atomic E-state index is 12.2. The first kappa shape index (κ1) is 19.2. The van der Waals surface area contributed by atoms with E-state index in [0.29, 0.717) is 37.5 Å². The number of nitrogens with one attached hydrogen (secondary N) is 1. The molecule has 1 aliphatic rings. The normalized spacial score (nSPS) is 24.4. The molecule has 2 aromatic rings. The van der Waals surface area contributed by atoms with Crippen LogP contribution >= 0.6 is 0 Å². The smallest absolute Gasteiger partial charge is 0.257 e. The lowest BCUT2D eigenvalue weighted by Crippen LogP contribution is -2.42. The van der Waals surface area contributed by atoms with Crippen LogP contribution in [0, 0.1) is 5.41 Å². The Morgan fingerprint density at radius 1 is 0.926 bits per heavy atom. The van der Waals surface area contributed by atoms with E-state index in [1.54, 1.807) is 12.1 Å². The Labute approximate surface area is 158 Å². The summed E-state index contributed by atoms with van der Waals surface area (Å²) in [6.45, 7) is 0.501. The van der Waals surface area contributed by atoms with Crippen molar-refractivity contribution in [3.63, 3.8) is 0 Å². The van der Waals surface area contributed by atoms with Crippen LogP contribution < -0.4 is 14.8 Å². The van der Waals surface area contributed by atoms with Crippen molar-refractivity contribution in [3.8, 4) is 11.5 Å². The molecule has 1 aliphatic carbocycles. The molecule has 1 fully saturated rings. The molecule has 3 atom stereocenters. The van der Waals surface area contributed by atoms with Crippen molar-refractivity contribution in [1.82, 2.24) is 5.32 Å². The van der Waals surface area contributed by atoms with Crippen molar-refractivity contribution >= 4 is 5.91 Å². The van der Waals surface area contributed by atoms with Gasteiger partial charge in [-0.1, -0.05) is 36.4 Å². The van der Waals surface area contributed by atoms with Crippen molar-refractivity contribution in [2.24, 2.45) is 5.41 Å². The van der Waals surface area contributed by atoms with Gasteiger partial charge in [0.25, 0.3) is 5.91 Å². The van der Waals surface area contributed by atoms with E-state index in [2.05, 4.69) is 5.32 Å². The molecule has 3 N–H and O–H groups in total. The van der Waals surface area contributed by atoms with Gasteiger partial charge in [-0.2, -0.15) is 0 Å². The number of para-hydroxylation sites is 2. The highest BCUT2D eigenvalue weighted by Crippen LogP contribution is 2.38. The van der Waals surface area contributed by atoms with Gasteiger partial charge in [-0.25, -0.2) is 0 Å². The lowest BCUT2D eigenvalue weighted by Gasteiger charge is -2.29. The Morgan fingerprint density at radius 2 is 1.44 bits per heavy atom. The molecule has 2 aromatic carbocycles. The van der Waals surface area contributed by atoms with Gasteiger partial charge in [0.2, 0.25) is 0 Å². The van der Waals surface area contributed by atoms with E-state index in [1.165, 1.54) is 0 Å². The Bertz CT molecular complexity index is 712. The zero-order valence-electron chi connectivity index (χ0n) is 15.1. The molecule has 0 aromatic heterocycles. The number of amides is 1. The highest BCUT2D eigenvalue weighted by molar-refractivity contribution is 5.77. The highest BCUT2D eigenvalue weighted by Gasteiger charge is 2.45. The number of aliphatic hydroxyl groups excluding tert-OH is 2. The molecule has 144 valence electrons. The van der Waals surface area contributed by atoms with E-state index in [-0.39, 0.29) is 12.5 Å². The van der Waals surface area contributed by atoms with E-state index in [0.717, 1.165) is 0 Å². The van der Waals surface area contributed by atoms with Crippen LogP contribution in [0.3, 0.4) is 0 Å². The van der Waals surface area contributed by atoms with Crippen molar-refractivity contribution in [3.05, 3.63) is 60.7 Å². The fourth-order valence-corrected chi connectivity index (χ4v) is 3.31. The summed E-state index contributed by atoms with van der Waals surface area (Å²) >= 11 is 0. The predicted molar refractivity (Wildman–Crippen MR) is 101 cm³/mol. The average Bonchev–Trinajstić information content (AvgIpc) is 2.99. The summed E-state index contributed by atoms with van der Waals surface area (Å²) in [6, 6.07) is 18.5. The molecule has 0 aliphatic heterocycles. The summed E-state index contributed by atoms with van der Waals surface area (Å²) in [4.78, 5) is 12.2. The van der Waals surface area contributed by atoms with E-state index in [4.69, 9.17) is 9.47 Å². The third-order valence-corrected chi connectivity index (χ3v) is 4.79. The summed E-state index contributed by atoms with van der Waals surface area (Å²) < 4.78 is 11.3. The summed E-state index contributed by atoms with van der Waals surface area (Å²) in [7, 11) is 0. The van der Waals surface area contributed by atoms with Crippen LogP contribution in [0.2, 0.25) is 0 Å². The second-order valence-corrected chi connectivity index (χ2v) is 7.02. The first-order valence-corrected chi connectivity index (χ1v) is 9.05. The van der Waals surface area contributed by atoms with E-state index in [1.807, 2.05) is 48.5 Å².